The SMILES string of the molecule is CC1CN(CCCCNC(=O)CCC2CCNCC2)CC(C)O1.Cl.Cl. The summed E-state index contributed by atoms with van der Waals surface area (Å²) in [5, 5.41) is 6.45. The predicted molar refractivity (Wildman–Crippen MR) is 108 cm³/mol. The van der Waals surface area contributed by atoms with Crippen molar-refractivity contribution in [2.45, 2.75) is 64.6 Å². The molecule has 150 valence electrons. The zero-order valence-corrected chi connectivity index (χ0v) is 17.4. The first-order valence-electron chi connectivity index (χ1n) is 9.48. The summed E-state index contributed by atoms with van der Waals surface area (Å²) < 4.78 is 5.75. The fourth-order valence-electron chi connectivity index (χ4n) is 3.75. The van der Waals surface area contributed by atoms with Crippen LogP contribution >= 0.6 is 24.8 Å². The first-order chi connectivity index (χ1) is 11.1. The smallest absolute Gasteiger partial charge is 0.220 e. The molecule has 2 aliphatic heterocycles. The molecule has 2 heterocycles. The minimum atomic E-state index is 0. The lowest BCUT2D eigenvalue weighted by molar-refractivity contribution is -0.121. The summed E-state index contributed by atoms with van der Waals surface area (Å²) >= 11 is 0. The van der Waals surface area contributed by atoms with Crippen molar-refractivity contribution in [2.24, 2.45) is 5.92 Å². The molecule has 0 saturated carbocycles. The van der Waals surface area contributed by atoms with Gasteiger partial charge in [0.25, 0.3) is 0 Å². The first kappa shape index (κ1) is 24.9. The normalized spacial score (nSPS) is 24.9. The summed E-state index contributed by atoms with van der Waals surface area (Å²) in [7, 11) is 0. The van der Waals surface area contributed by atoms with Crippen molar-refractivity contribution in [3.05, 3.63) is 0 Å². The second kappa shape index (κ2) is 14.0. The standard InChI is InChI=1S/C18H35N3O2.2ClH/c1-15-13-21(14-16(2)23-15)12-4-3-9-20-18(22)6-5-17-7-10-19-11-8-17;;/h15-17,19H,3-14H2,1-2H3,(H,20,22);2*1H. The second-order valence-electron chi connectivity index (χ2n) is 7.31. The molecule has 2 unspecified atom stereocenters. The van der Waals surface area contributed by atoms with Crippen LogP contribution in [0.25, 0.3) is 0 Å². The average Bonchev–Trinajstić information content (AvgIpc) is 2.53. The van der Waals surface area contributed by atoms with E-state index < -0.39 is 0 Å². The van der Waals surface area contributed by atoms with Crippen LogP contribution < -0.4 is 10.6 Å². The number of rotatable bonds is 8. The molecule has 2 N–H and O–H groups in total. The molecule has 0 aromatic heterocycles. The fraction of sp³-hybridized carbons (Fsp3) is 0.944. The van der Waals surface area contributed by atoms with Gasteiger partial charge in [-0.15, -0.1) is 24.8 Å². The Kier molecular flexibility index (Phi) is 14.0. The summed E-state index contributed by atoms with van der Waals surface area (Å²) in [6.45, 7) is 10.5. The number of carbonyl (C=O) groups is 1. The highest BCUT2D eigenvalue weighted by atomic mass is 35.5. The number of amides is 1. The molecule has 5 nitrogen and oxygen atoms in total. The van der Waals surface area contributed by atoms with E-state index in [-0.39, 0.29) is 30.7 Å². The van der Waals surface area contributed by atoms with Gasteiger partial charge in [0.15, 0.2) is 0 Å². The topological polar surface area (TPSA) is 53.6 Å². The van der Waals surface area contributed by atoms with Gasteiger partial charge < -0.3 is 15.4 Å². The highest BCUT2D eigenvalue weighted by Crippen LogP contribution is 2.17. The van der Waals surface area contributed by atoms with Crippen molar-refractivity contribution in [1.82, 2.24) is 15.5 Å². The third-order valence-corrected chi connectivity index (χ3v) is 4.96. The Hall–Kier alpha value is -0.0700. The van der Waals surface area contributed by atoms with Crippen molar-refractivity contribution in [3.8, 4) is 0 Å². The van der Waals surface area contributed by atoms with Gasteiger partial charge in [-0.3, -0.25) is 9.69 Å². The molecule has 0 spiro atoms. The number of hydrogen-bond donors (Lipinski definition) is 2. The Balaban J connectivity index is 0.00000288. The lowest BCUT2D eigenvalue weighted by Crippen LogP contribution is -2.45. The second-order valence-corrected chi connectivity index (χ2v) is 7.31. The zero-order valence-electron chi connectivity index (χ0n) is 15.8. The van der Waals surface area contributed by atoms with Gasteiger partial charge >= 0.3 is 0 Å². The highest BCUT2D eigenvalue weighted by molar-refractivity contribution is 5.85. The third kappa shape index (κ3) is 10.6. The summed E-state index contributed by atoms with van der Waals surface area (Å²) in [5.74, 6) is 0.976. The van der Waals surface area contributed by atoms with Crippen LogP contribution in [0.3, 0.4) is 0 Å². The van der Waals surface area contributed by atoms with Crippen LogP contribution in [0.5, 0.6) is 0 Å². The Morgan fingerprint density at radius 1 is 1.12 bits per heavy atom. The van der Waals surface area contributed by atoms with Gasteiger partial charge in [0, 0.05) is 26.1 Å². The molecule has 0 radical (unpaired) electrons. The van der Waals surface area contributed by atoms with E-state index >= 15 is 0 Å². The van der Waals surface area contributed by atoms with E-state index in [0.717, 1.165) is 64.4 Å². The van der Waals surface area contributed by atoms with Gasteiger partial charge in [0.1, 0.15) is 0 Å². The number of nitrogens with zero attached hydrogens (tertiary/aromatic N) is 1. The van der Waals surface area contributed by atoms with Gasteiger partial charge in [0.2, 0.25) is 5.91 Å². The number of hydrogen-bond acceptors (Lipinski definition) is 4. The molecule has 2 aliphatic rings. The largest absolute Gasteiger partial charge is 0.373 e. The minimum absolute atomic E-state index is 0. The van der Waals surface area contributed by atoms with Crippen LogP contribution in [-0.2, 0) is 9.53 Å². The number of nitrogens with one attached hydrogen (secondary N) is 2. The summed E-state index contributed by atoms with van der Waals surface area (Å²) in [4.78, 5) is 14.4. The number of piperidine rings is 1. The maximum Gasteiger partial charge on any atom is 0.220 e. The van der Waals surface area contributed by atoms with E-state index in [2.05, 4.69) is 29.4 Å². The highest BCUT2D eigenvalue weighted by Gasteiger charge is 2.21. The number of carbonyl (C=O) groups excluding carboxylic acids is 1. The number of morpholine rings is 1. The maximum atomic E-state index is 11.9. The van der Waals surface area contributed by atoms with Gasteiger partial charge in [-0.25, -0.2) is 0 Å². The van der Waals surface area contributed by atoms with Crippen LogP contribution in [0.15, 0.2) is 0 Å². The number of halogens is 2. The Labute approximate surface area is 165 Å². The lowest BCUT2D eigenvalue weighted by atomic mass is 9.93. The van der Waals surface area contributed by atoms with Crippen molar-refractivity contribution in [3.63, 3.8) is 0 Å². The summed E-state index contributed by atoms with van der Waals surface area (Å²) in [6.07, 6.45) is 7.10. The molecule has 7 heteroatoms. The molecule has 0 aromatic carbocycles. The van der Waals surface area contributed by atoms with Gasteiger partial charge in [0.05, 0.1) is 12.2 Å². The molecule has 2 atom stereocenters. The molecule has 2 rings (SSSR count). The molecule has 0 aliphatic carbocycles. The predicted octanol–water partition coefficient (Wildman–Crippen LogP) is 2.62. The Morgan fingerprint density at radius 2 is 1.76 bits per heavy atom. The van der Waals surface area contributed by atoms with Crippen LogP contribution in [0.2, 0.25) is 0 Å². The van der Waals surface area contributed by atoms with Crippen LogP contribution in [0.4, 0.5) is 0 Å². The molecule has 25 heavy (non-hydrogen) atoms. The molecular weight excluding hydrogens is 361 g/mol. The van der Waals surface area contributed by atoms with E-state index in [9.17, 15) is 4.79 Å². The van der Waals surface area contributed by atoms with E-state index in [1.807, 2.05) is 0 Å². The molecule has 2 saturated heterocycles. The molecule has 0 aromatic rings. The van der Waals surface area contributed by atoms with Crippen LogP contribution in [0, 0.1) is 5.92 Å². The zero-order chi connectivity index (χ0) is 16.5. The Morgan fingerprint density at radius 3 is 2.40 bits per heavy atom. The van der Waals surface area contributed by atoms with E-state index in [1.54, 1.807) is 0 Å². The van der Waals surface area contributed by atoms with Crippen molar-refractivity contribution in [1.29, 1.82) is 0 Å². The quantitative estimate of drug-likeness (QED) is 0.618. The summed E-state index contributed by atoms with van der Waals surface area (Å²) in [5.41, 5.74) is 0. The number of unbranched alkanes of at least 4 members (excludes halogenated alkanes) is 1. The Bertz CT molecular complexity index is 345. The summed E-state index contributed by atoms with van der Waals surface area (Å²) in [6, 6.07) is 0. The minimum Gasteiger partial charge on any atom is -0.373 e. The maximum absolute atomic E-state index is 11.9. The van der Waals surface area contributed by atoms with E-state index in [4.69, 9.17) is 4.74 Å². The van der Waals surface area contributed by atoms with Gasteiger partial charge in [-0.2, -0.15) is 0 Å². The molecular formula is C18H37Cl2N3O2. The van der Waals surface area contributed by atoms with Crippen molar-refractivity contribution in [2.75, 3.05) is 39.3 Å². The average molecular weight is 398 g/mol. The van der Waals surface area contributed by atoms with Crippen LogP contribution in [0.1, 0.15) is 52.4 Å². The van der Waals surface area contributed by atoms with Crippen molar-refractivity contribution < 1.29 is 9.53 Å². The van der Waals surface area contributed by atoms with Gasteiger partial charge in [-0.05, 0) is 71.5 Å². The van der Waals surface area contributed by atoms with E-state index in [1.165, 1.54) is 12.8 Å². The molecule has 1 amide bonds. The lowest BCUT2D eigenvalue weighted by Gasteiger charge is -2.35. The van der Waals surface area contributed by atoms with Crippen molar-refractivity contribution >= 4 is 30.7 Å². The monoisotopic (exact) mass is 397 g/mol. The van der Waals surface area contributed by atoms with Gasteiger partial charge in [-0.1, -0.05) is 0 Å². The molecule has 0 bridgehead atoms. The number of ether oxygens (including phenoxy) is 1. The fourth-order valence-corrected chi connectivity index (χ4v) is 3.75. The first-order valence-corrected chi connectivity index (χ1v) is 9.48. The molecule has 2 fully saturated rings. The van der Waals surface area contributed by atoms with E-state index in [0.29, 0.717) is 18.6 Å². The third-order valence-electron chi connectivity index (χ3n) is 4.96. The van der Waals surface area contributed by atoms with Crippen LogP contribution in [-0.4, -0.2) is 62.3 Å².